The van der Waals surface area contributed by atoms with E-state index in [1.165, 1.54) is 12.1 Å². The molecular weight excluding hydrogens is 368 g/mol. The van der Waals surface area contributed by atoms with E-state index >= 15 is 0 Å². The van der Waals surface area contributed by atoms with Gasteiger partial charge in [-0.1, -0.05) is 12.1 Å². The molecular formula is C16H13F2N3O6. The van der Waals surface area contributed by atoms with Crippen LogP contribution in [0.15, 0.2) is 42.5 Å². The number of nitrogens with zero attached hydrogens (tertiary/aromatic N) is 2. The number of amides is 1. The number of non-ortho nitro benzene ring substituents is 2. The molecule has 2 aromatic carbocycles. The average Bonchev–Trinajstić information content (AvgIpc) is 2.62. The Balaban J connectivity index is 1.99. The average molecular weight is 381 g/mol. The molecule has 11 heteroatoms. The number of ether oxygens (including phenoxy) is 1. The number of benzene rings is 2. The van der Waals surface area contributed by atoms with E-state index in [-0.39, 0.29) is 17.9 Å². The summed E-state index contributed by atoms with van der Waals surface area (Å²) in [6.07, 6.45) is 0.345. The maximum Gasteiger partial charge on any atom is 0.387 e. The third kappa shape index (κ3) is 5.70. The highest BCUT2D eigenvalue weighted by Crippen LogP contribution is 2.22. The number of nitro groups is 2. The lowest BCUT2D eigenvalue weighted by atomic mass is 10.1. The molecule has 0 aliphatic rings. The number of nitrogens with one attached hydrogen (secondary N) is 1. The second-order valence-corrected chi connectivity index (χ2v) is 5.28. The van der Waals surface area contributed by atoms with E-state index in [1.54, 1.807) is 12.1 Å². The van der Waals surface area contributed by atoms with Crippen LogP contribution >= 0.6 is 0 Å². The minimum Gasteiger partial charge on any atom is -0.435 e. The number of hydrogen-bond acceptors (Lipinski definition) is 6. The topological polar surface area (TPSA) is 125 Å². The Morgan fingerprint density at radius 3 is 2.07 bits per heavy atom. The van der Waals surface area contributed by atoms with Crippen LogP contribution in [0.5, 0.6) is 5.75 Å². The monoisotopic (exact) mass is 381 g/mol. The van der Waals surface area contributed by atoms with Crippen LogP contribution in [0.25, 0.3) is 0 Å². The van der Waals surface area contributed by atoms with Crippen molar-refractivity contribution in [1.82, 2.24) is 5.32 Å². The molecule has 0 saturated heterocycles. The van der Waals surface area contributed by atoms with Crippen LogP contribution in [-0.2, 0) is 6.42 Å². The minimum absolute atomic E-state index is 0.00156. The Hall–Kier alpha value is -3.63. The molecule has 0 atom stereocenters. The summed E-state index contributed by atoms with van der Waals surface area (Å²) in [5, 5.41) is 24.2. The van der Waals surface area contributed by atoms with Gasteiger partial charge < -0.3 is 10.1 Å². The van der Waals surface area contributed by atoms with Crippen LogP contribution < -0.4 is 10.1 Å². The van der Waals surface area contributed by atoms with Crippen LogP contribution in [0.4, 0.5) is 20.2 Å². The van der Waals surface area contributed by atoms with Gasteiger partial charge in [0.25, 0.3) is 17.3 Å². The van der Waals surface area contributed by atoms with Gasteiger partial charge >= 0.3 is 6.61 Å². The van der Waals surface area contributed by atoms with Crippen molar-refractivity contribution < 1.29 is 28.2 Å². The fourth-order valence-corrected chi connectivity index (χ4v) is 2.20. The summed E-state index contributed by atoms with van der Waals surface area (Å²) >= 11 is 0. The molecule has 27 heavy (non-hydrogen) atoms. The van der Waals surface area contributed by atoms with Crippen molar-refractivity contribution in [2.24, 2.45) is 0 Å². The Bertz CT molecular complexity index is 825. The molecule has 0 spiro atoms. The molecule has 0 bridgehead atoms. The zero-order valence-corrected chi connectivity index (χ0v) is 13.6. The van der Waals surface area contributed by atoms with Crippen LogP contribution in [0.1, 0.15) is 15.9 Å². The van der Waals surface area contributed by atoms with Crippen molar-refractivity contribution >= 4 is 17.3 Å². The van der Waals surface area contributed by atoms with Crippen molar-refractivity contribution in [3.05, 3.63) is 73.8 Å². The SMILES string of the molecule is O=C(NCCc1ccc(OC(F)F)cc1)c1cc([N+](=O)[O-])cc([N+](=O)[O-])c1. The Morgan fingerprint density at radius 1 is 1.04 bits per heavy atom. The van der Waals surface area contributed by atoms with E-state index in [4.69, 9.17) is 0 Å². The number of hydrogen-bond donors (Lipinski definition) is 1. The summed E-state index contributed by atoms with van der Waals surface area (Å²) in [5.41, 5.74) is -0.619. The number of rotatable bonds is 8. The first kappa shape index (κ1) is 19.7. The molecule has 0 radical (unpaired) electrons. The second-order valence-electron chi connectivity index (χ2n) is 5.28. The van der Waals surface area contributed by atoms with Crippen molar-refractivity contribution in [2.75, 3.05) is 6.54 Å². The van der Waals surface area contributed by atoms with Gasteiger partial charge in [-0.15, -0.1) is 0 Å². The molecule has 0 aliphatic heterocycles. The Labute approximate surface area is 150 Å². The fourth-order valence-electron chi connectivity index (χ4n) is 2.20. The molecule has 0 unspecified atom stereocenters. The number of halogens is 2. The van der Waals surface area contributed by atoms with Gasteiger partial charge in [0.1, 0.15) is 5.75 Å². The number of nitro benzene ring substituents is 2. The smallest absolute Gasteiger partial charge is 0.387 e. The first-order valence-corrected chi connectivity index (χ1v) is 7.52. The van der Waals surface area contributed by atoms with Gasteiger partial charge in [0.15, 0.2) is 0 Å². The zero-order valence-electron chi connectivity index (χ0n) is 13.6. The molecule has 142 valence electrons. The third-order valence-electron chi connectivity index (χ3n) is 3.43. The third-order valence-corrected chi connectivity index (χ3v) is 3.43. The highest BCUT2D eigenvalue weighted by molar-refractivity contribution is 5.95. The second kappa shape index (κ2) is 8.65. The largest absolute Gasteiger partial charge is 0.435 e. The molecule has 0 aromatic heterocycles. The number of alkyl halides is 2. The molecule has 2 aromatic rings. The summed E-state index contributed by atoms with van der Waals surface area (Å²) in [6.45, 7) is -2.79. The van der Waals surface area contributed by atoms with E-state index in [0.717, 1.165) is 23.8 Å². The lowest BCUT2D eigenvalue weighted by Gasteiger charge is -2.07. The summed E-state index contributed by atoms with van der Waals surface area (Å²) in [5.74, 6) is -0.707. The van der Waals surface area contributed by atoms with Crippen molar-refractivity contribution in [2.45, 2.75) is 13.0 Å². The predicted molar refractivity (Wildman–Crippen MR) is 88.9 cm³/mol. The lowest BCUT2D eigenvalue weighted by Crippen LogP contribution is -2.25. The summed E-state index contributed by atoms with van der Waals surface area (Å²) in [7, 11) is 0. The number of carbonyl (C=O) groups excluding carboxylic acids is 1. The van der Waals surface area contributed by atoms with Gasteiger partial charge in [0, 0.05) is 18.7 Å². The van der Waals surface area contributed by atoms with E-state index in [9.17, 15) is 33.8 Å². The Kier molecular flexibility index (Phi) is 6.31. The van der Waals surface area contributed by atoms with Crippen LogP contribution in [0, 0.1) is 20.2 Å². The summed E-state index contributed by atoms with van der Waals surface area (Å²) in [4.78, 5) is 32.1. The van der Waals surface area contributed by atoms with Crippen LogP contribution in [0.3, 0.4) is 0 Å². The summed E-state index contributed by atoms with van der Waals surface area (Å²) < 4.78 is 28.4. The molecule has 0 fully saturated rings. The zero-order chi connectivity index (χ0) is 20.0. The van der Waals surface area contributed by atoms with Crippen molar-refractivity contribution in [3.8, 4) is 5.75 Å². The van der Waals surface area contributed by atoms with Gasteiger partial charge in [0.2, 0.25) is 0 Å². The standard InChI is InChI=1S/C16H13F2N3O6/c17-16(18)27-14-3-1-10(2-4-14)5-6-19-15(22)11-7-12(20(23)24)9-13(8-11)21(25)26/h1-4,7-9,16H,5-6H2,(H,19,22). The quantitative estimate of drug-likeness (QED) is 0.553. The van der Waals surface area contributed by atoms with Crippen molar-refractivity contribution in [1.29, 1.82) is 0 Å². The van der Waals surface area contributed by atoms with Crippen molar-refractivity contribution in [3.63, 3.8) is 0 Å². The van der Waals surface area contributed by atoms with Gasteiger partial charge in [-0.25, -0.2) is 0 Å². The Morgan fingerprint density at radius 2 is 1.59 bits per heavy atom. The molecule has 1 amide bonds. The van der Waals surface area contributed by atoms with Gasteiger partial charge in [-0.3, -0.25) is 25.0 Å². The fraction of sp³-hybridized carbons (Fsp3) is 0.188. The van der Waals surface area contributed by atoms with Gasteiger partial charge in [-0.2, -0.15) is 8.78 Å². The van der Waals surface area contributed by atoms with Crippen LogP contribution in [0.2, 0.25) is 0 Å². The summed E-state index contributed by atoms with van der Waals surface area (Å²) in [6, 6.07) is 8.45. The van der Waals surface area contributed by atoms with E-state index in [0.29, 0.717) is 6.42 Å². The molecule has 0 saturated carbocycles. The molecule has 0 heterocycles. The van der Waals surface area contributed by atoms with E-state index in [1.807, 2.05) is 0 Å². The van der Waals surface area contributed by atoms with Gasteiger partial charge in [-0.05, 0) is 24.1 Å². The highest BCUT2D eigenvalue weighted by Gasteiger charge is 2.19. The minimum atomic E-state index is -2.92. The van der Waals surface area contributed by atoms with Crippen LogP contribution in [-0.4, -0.2) is 28.9 Å². The van der Waals surface area contributed by atoms with E-state index in [2.05, 4.69) is 10.1 Å². The van der Waals surface area contributed by atoms with Gasteiger partial charge in [0.05, 0.1) is 21.5 Å². The first-order chi connectivity index (χ1) is 12.8. The van der Waals surface area contributed by atoms with E-state index < -0.39 is 33.7 Å². The molecule has 1 N–H and O–H groups in total. The maximum absolute atomic E-state index is 12.1. The lowest BCUT2D eigenvalue weighted by molar-refractivity contribution is -0.394. The maximum atomic E-state index is 12.1. The molecule has 0 aliphatic carbocycles. The first-order valence-electron chi connectivity index (χ1n) is 7.52. The molecule has 2 rings (SSSR count). The molecule has 9 nitrogen and oxygen atoms in total. The normalized spacial score (nSPS) is 10.5. The predicted octanol–water partition coefficient (Wildman–Crippen LogP) is 3.08. The number of carbonyl (C=O) groups is 1. The highest BCUT2D eigenvalue weighted by atomic mass is 19.3.